The predicted molar refractivity (Wildman–Crippen MR) is 117 cm³/mol. The summed E-state index contributed by atoms with van der Waals surface area (Å²) in [7, 11) is 0. The second-order valence-corrected chi connectivity index (χ2v) is 7.68. The molecule has 0 spiro atoms. The lowest BCUT2D eigenvalue weighted by Crippen LogP contribution is -2.02. The third kappa shape index (κ3) is 4.78. The molecule has 0 aliphatic heterocycles. The van der Waals surface area contributed by atoms with Gasteiger partial charge in [0.1, 0.15) is 12.4 Å². The van der Waals surface area contributed by atoms with Gasteiger partial charge in [0.05, 0.1) is 0 Å². The van der Waals surface area contributed by atoms with E-state index in [4.69, 9.17) is 4.74 Å². The largest absolute Gasteiger partial charge is 0.483 e. The second-order valence-electron chi connectivity index (χ2n) is 7.68. The molecule has 4 aromatic rings. The summed E-state index contributed by atoms with van der Waals surface area (Å²) in [5, 5.41) is 0. The van der Waals surface area contributed by atoms with Crippen molar-refractivity contribution in [3.63, 3.8) is 0 Å². The fourth-order valence-electron chi connectivity index (χ4n) is 3.56. The molecule has 0 aliphatic carbocycles. The van der Waals surface area contributed by atoms with Crippen LogP contribution in [0.4, 0.5) is 26.3 Å². The van der Waals surface area contributed by atoms with Crippen molar-refractivity contribution in [3.8, 4) is 28.0 Å². The number of hydrogen-bond acceptors (Lipinski definition) is 1. The summed E-state index contributed by atoms with van der Waals surface area (Å²) >= 11 is 0. The normalized spacial score (nSPS) is 11.0. The summed E-state index contributed by atoms with van der Waals surface area (Å²) in [6.07, 6.45) is 0.472. The fraction of sp³-hybridized carbons (Fsp3) is 0.111. The van der Waals surface area contributed by atoms with Crippen LogP contribution in [-0.4, -0.2) is 0 Å². The van der Waals surface area contributed by atoms with Crippen LogP contribution < -0.4 is 4.74 Å². The monoisotopic (exact) mass is 472 g/mol. The molecular weight excluding hydrogens is 454 g/mol. The van der Waals surface area contributed by atoms with Crippen molar-refractivity contribution in [1.29, 1.82) is 0 Å². The van der Waals surface area contributed by atoms with E-state index >= 15 is 0 Å². The number of halogens is 6. The first-order chi connectivity index (χ1) is 16.3. The van der Waals surface area contributed by atoms with Crippen LogP contribution in [0.15, 0.2) is 66.7 Å². The highest BCUT2D eigenvalue weighted by molar-refractivity contribution is 5.71. The van der Waals surface area contributed by atoms with Gasteiger partial charge in [-0.3, -0.25) is 0 Å². The van der Waals surface area contributed by atoms with E-state index in [2.05, 4.69) is 0 Å². The first-order valence-electron chi connectivity index (χ1n) is 10.4. The Bertz CT molecular complexity index is 1300. The molecule has 0 unspecified atom stereocenters. The van der Waals surface area contributed by atoms with E-state index in [9.17, 15) is 26.3 Å². The van der Waals surface area contributed by atoms with E-state index in [1.165, 1.54) is 36.4 Å². The molecule has 174 valence electrons. The fourth-order valence-corrected chi connectivity index (χ4v) is 3.56. The van der Waals surface area contributed by atoms with Crippen LogP contribution in [0.25, 0.3) is 22.3 Å². The van der Waals surface area contributed by atoms with Gasteiger partial charge in [-0.15, -0.1) is 0 Å². The molecule has 0 atom stereocenters. The summed E-state index contributed by atoms with van der Waals surface area (Å²) in [5.41, 5.74) is 2.17. The third-order valence-electron chi connectivity index (χ3n) is 5.40. The summed E-state index contributed by atoms with van der Waals surface area (Å²) < 4.78 is 88.3. The Morgan fingerprint density at radius 3 is 1.68 bits per heavy atom. The van der Waals surface area contributed by atoms with Crippen molar-refractivity contribution in [2.45, 2.75) is 20.0 Å². The van der Waals surface area contributed by atoms with Gasteiger partial charge in [-0.25, -0.2) is 26.3 Å². The zero-order valence-electron chi connectivity index (χ0n) is 17.9. The lowest BCUT2D eigenvalue weighted by molar-refractivity contribution is 0.273. The number of benzene rings is 4. The smallest absolute Gasteiger partial charge is 0.194 e. The molecule has 0 aliphatic rings. The average Bonchev–Trinajstić information content (AvgIpc) is 2.81. The summed E-state index contributed by atoms with van der Waals surface area (Å²) in [5.74, 6) is -6.91. The third-order valence-corrected chi connectivity index (χ3v) is 5.40. The van der Waals surface area contributed by atoms with E-state index in [-0.39, 0.29) is 17.7 Å². The molecule has 4 aromatic carbocycles. The Balaban J connectivity index is 1.51. The van der Waals surface area contributed by atoms with Gasteiger partial charge in [0, 0.05) is 5.56 Å². The van der Waals surface area contributed by atoms with Crippen molar-refractivity contribution in [1.82, 2.24) is 0 Å². The van der Waals surface area contributed by atoms with E-state index < -0.39 is 40.7 Å². The van der Waals surface area contributed by atoms with Crippen molar-refractivity contribution < 1.29 is 31.1 Å². The second kappa shape index (κ2) is 9.63. The van der Waals surface area contributed by atoms with Crippen LogP contribution in [0.5, 0.6) is 5.75 Å². The van der Waals surface area contributed by atoms with Crippen LogP contribution in [0.1, 0.15) is 18.1 Å². The number of hydrogen-bond donors (Lipinski definition) is 0. The molecule has 1 nitrogen and oxygen atoms in total. The van der Waals surface area contributed by atoms with E-state index in [0.717, 1.165) is 12.1 Å². The van der Waals surface area contributed by atoms with Gasteiger partial charge >= 0.3 is 0 Å². The van der Waals surface area contributed by atoms with Crippen molar-refractivity contribution in [3.05, 3.63) is 113 Å². The molecule has 0 fully saturated rings. The molecule has 0 aromatic heterocycles. The zero-order chi connectivity index (χ0) is 24.4. The zero-order valence-corrected chi connectivity index (χ0v) is 17.9. The number of rotatable bonds is 6. The summed E-state index contributed by atoms with van der Waals surface area (Å²) in [6, 6.07) is 14.6. The van der Waals surface area contributed by atoms with Crippen LogP contribution >= 0.6 is 0 Å². The molecule has 4 rings (SSSR count). The van der Waals surface area contributed by atoms with Crippen LogP contribution in [0.2, 0.25) is 0 Å². The minimum Gasteiger partial charge on any atom is -0.483 e. The molecule has 34 heavy (non-hydrogen) atoms. The highest BCUT2D eigenvalue weighted by Crippen LogP contribution is 2.30. The van der Waals surface area contributed by atoms with Gasteiger partial charge < -0.3 is 4.74 Å². The maximum absolute atomic E-state index is 14.7. The molecule has 0 bridgehead atoms. The van der Waals surface area contributed by atoms with Crippen LogP contribution in [-0.2, 0) is 13.0 Å². The van der Waals surface area contributed by atoms with Gasteiger partial charge in [-0.05, 0) is 64.6 Å². The van der Waals surface area contributed by atoms with Gasteiger partial charge in [0.25, 0.3) is 0 Å². The topological polar surface area (TPSA) is 9.23 Å². The molecule has 0 heterocycles. The van der Waals surface area contributed by atoms with E-state index in [1.807, 2.05) is 0 Å². The summed E-state index contributed by atoms with van der Waals surface area (Å²) in [6.45, 7) is 1.53. The Kier molecular flexibility index (Phi) is 6.63. The Morgan fingerprint density at radius 1 is 0.559 bits per heavy atom. The van der Waals surface area contributed by atoms with Gasteiger partial charge in [-0.2, -0.15) is 0 Å². The van der Waals surface area contributed by atoms with Gasteiger partial charge in [0.2, 0.25) is 0 Å². The van der Waals surface area contributed by atoms with Crippen molar-refractivity contribution >= 4 is 0 Å². The number of ether oxygens (including phenoxy) is 1. The standard InChI is InChI=1S/C27H18F6O/c1-2-15-9-24(31)27(25(32)10-15)34-14-16-3-8-20(21(28)11-16)18-6-4-17(5-7-18)19-12-22(29)26(33)23(30)13-19/h3-13H,2,14H2,1H3. The lowest BCUT2D eigenvalue weighted by Gasteiger charge is -2.11. The SMILES string of the molecule is CCc1cc(F)c(OCc2ccc(-c3ccc(-c4cc(F)c(F)c(F)c4)cc3)c(F)c2)c(F)c1. The molecule has 0 N–H and O–H groups in total. The Hall–Kier alpha value is -3.74. The van der Waals surface area contributed by atoms with Gasteiger partial charge in [-0.1, -0.05) is 43.3 Å². The molecule has 0 amide bonds. The summed E-state index contributed by atoms with van der Waals surface area (Å²) in [4.78, 5) is 0. The Labute approximate surface area is 192 Å². The van der Waals surface area contributed by atoms with Gasteiger partial charge in [0.15, 0.2) is 34.8 Å². The Morgan fingerprint density at radius 2 is 1.12 bits per heavy atom. The molecule has 0 radical (unpaired) electrons. The van der Waals surface area contributed by atoms with Crippen molar-refractivity contribution in [2.75, 3.05) is 0 Å². The average molecular weight is 472 g/mol. The van der Waals surface area contributed by atoms with Crippen LogP contribution in [0.3, 0.4) is 0 Å². The lowest BCUT2D eigenvalue weighted by atomic mass is 9.99. The van der Waals surface area contributed by atoms with E-state index in [0.29, 0.717) is 28.7 Å². The quantitative estimate of drug-likeness (QED) is 0.204. The van der Waals surface area contributed by atoms with Crippen molar-refractivity contribution in [2.24, 2.45) is 0 Å². The van der Waals surface area contributed by atoms with Crippen LogP contribution in [0, 0.1) is 34.9 Å². The highest BCUT2D eigenvalue weighted by Gasteiger charge is 2.14. The maximum atomic E-state index is 14.7. The molecule has 0 saturated carbocycles. The molecular formula is C27H18F6O. The highest BCUT2D eigenvalue weighted by atomic mass is 19.2. The predicted octanol–water partition coefficient (Wildman–Crippen LogP) is 8.00. The van der Waals surface area contributed by atoms with E-state index in [1.54, 1.807) is 25.1 Å². The molecule has 7 heteroatoms. The minimum atomic E-state index is -1.55. The number of aryl methyl sites for hydroxylation is 1. The molecule has 0 saturated heterocycles. The first-order valence-corrected chi connectivity index (χ1v) is 10.4. The minimum absolute atomic E-state index is 0.141. The first kappa shape index (κ1) is 23.4. The maximum Gasteiger partial charge on any atom is 0.194 e.